The Morgan fingerprint density at radius 3 is 2.59 bits per heavy atom. The fourth-order valence-electron chi connectivity index (χ4n) is 5.68. The number of para-hydroxylation sites is 1. The minimum absolute atomic E-state index is 0.0107. The van der Waals surface area contributed by atoms with Crippen LogP contribution in [-0.2, 0) is 23.6 Å². The third-order valence-electron chi connectivity index (χ3n) is 7.88. The molecule has 1 saturated heterocycles. The Hall–Kier alpha value is -3.21. The lowest BCUT2D eigenvalue weighted by Gasteiger charge is -2.24. The molecule has 15 heteroatoms. The molecule has 6 atom stereocenters. The fourth-order valence-corrected chi connectivity index (χ4v) is 7.58. The predicted molar refractivity (Wildman–Crippen MR) is 171 cm³/mol. The molecule has 5 rings (SSSR count). The van der Waals surface area contributed by atoms with E-state index < -0.39 is 50.4 Å². The highest BCUT2D eigenvalue weighted by molar-refractivity contribution is 7.57. The van der Waals surface area contributed by atoms with Crippen LogP contribution < -0.4 is 14.9 Å². The maximum atomic E-state index is 13.9. The van der Waals surface area contributed by atoms with Gasteiger partial charge in [0, 0.05) is 17.6 Å². The molecular formula is C31H39ClN5O8P. The number of aliphatic hydroxyl groups is 2. The normalized spacial score (nSPS) is 23.7. The summed E-state index contributed by atoms with van der Waals surface area (Å²) in [5.41, 5.74) is 1.18. The number of halogens is 1. The van der Waals surface area contributed by atoms with Gasteiger partial charge in [-0.1, -0.05) is 42.6 Å². The van der Waals surface area contributed by atoms with Crippen molar-refractivity contribution in [2.75, 3.05) is 18.3 Å². The number of carbonyl (C=O) groups excluding carboxylic acids is 1. The van der Waals surface area contributed by atoms with Gasteiger partial charge in [0.25, 0.3) is 0 Å². The van der Waals surface area contributed by atoms with E-state index in [0.29, 0.717) is 22.5 Å². The number of pyridine rings is 1. The van der Waals surface area contributed by atoms with Gasteiger partial charge < -0.3 is 38.8 Å². The monoisotopic (exact) mass is 675 g/mol. The van der Waals surface area contributed by atoms with Crippen molar-refractivity contribution < 1.29 is 38.3 Å². The summed E-state index contributed by atoms with van der Waals surface area (Å²) < 4.78 is 38.2. The topological polar surface area (TPSA) is 177 Å². The quantitative estimate of drug-likeness (QED) is 0.112. The summed E-state index contributed by atoms with van der Waals surface area (Å²) in [6.07, 6.45) is 0.139. The van der Waals surface area contributed by atoms with Crippen LogP contribution >= 0.6 is 19.1 Å². The molecule has 0 bridgehead atoms. The van der Waals surface area contributed by atoms with Crippen molar-refractivity contribution in [3.05, 3.63) is 53.3 Å². The molecule has 3 aromatic rings. The number of anilines is 1. The van der Waals surface area contributed by atoms with Crippen molar-refractivity contribution in [2.24, 2.45) is 0 Å². The summed E-state index contributed by atoms with van der Waals surface area (Å²) in [4.78, 5) is 16.9. The molecule has 0 amide bonds. The maximum Gasteiger partial charge on any atom is 0.342 e. The van der Waals surface area contributed by atoms with Gasteiger partial charge in [0.2, 0.25) is 0 Å². The first-order valence-corrected chi connectivity index (χ1v) is 17.5. The lowest BCUT2D eigenvalue weighted by atomic mass is 10.1. The smallest absolute Gasteiger partial charge is 0.342 e. The predicted octanol–water partition coefficient (Wildman–Crippen LogP) is 4.71. The zero-order valence-corrected chi connectivity index (χ0v) is 27.5. The molecule has 1 unspecified atom stereocenters. The third kappa shape index (κ3) is 7.66. The lowest BCUT2D eigenvalue weighted by Crippen LogP contribution is -2.37. The zero-order valence-electron chi connectivity index (χ0n) is 25.8. The molecule has 1 saturated carbocycles. The van der Waals surface area contributed by atoms with E-state index in [1.807, 2.05) is 0 Å². The molecule has 1 aromatic carbocycles. The number of carbonyl (C=O) groups is 1. The molecule has 2 aliphatic rings. The number of nitriles is 1. The number of nitrogens with one attached hydrogen (secondary N) is 2. The number of esters is 1. The third-order valence-corrected chi connectivity index (χ3v) is 9.96. The van der Waals surface area contributed by atoms with Gasteiger partial charge in [-0.3, -0.25) is 9.36 Å². The summed E-state index contributed by atoms with van der Waals surface area (Å²) in [7, 11) is -3.85. The van der Waals surface area contributed by atoms with E-state index >= 15 is 0 Å². The van der Waals surface area contributed by atoms with Crippen LogP contribution in [0.25, 0.3) is 11.0 Å². The highest BCUT2D eigenvalue weighted by Crippen LogP contribution is 2.44. The Balaban J connectivity index is 1.30. The second-order valence-corrected chi connectivity index (χ2v) is 14.2. The molecule has 0 spiro atoms. The Labute approximate surface area is 272 Å². The highest BCUT2D eigenvalue weighted by Gasteiger charge is 2.45. The van der Waals surface area contributed by atoms with Gasteiger partial charge in [-0.2, -0.15) is 5.26 Å². The molecular weight excluding hydrogens is 637 g/mol. The first-order valence-electron chi connectivity index (χ1n) is 15.3. The van der Waals surface area contributed by atoms with Crippen molar-refractivity contribution in [1.29, 1.82) is 5.26 Å². The molecule has 0 radical (unpaired) electrons. The van der Waals surface area contributed by atoms with E-state index in [2.05, 4.69) is 21.5 Å². The Bertz CT molecular complexity index is 1610. The maximum absolute atomic E-state index is 13.9. The fraction of sp³-hybridized carbons (Fsp3) is 0.516. The second kappa shape index (κ2) is 14.7. The molecule has 3 heterocycles. The molecule has 248 valence electrons. The molecule has 1 aliphatic heterocycles. The van der Waals surface area contributed by atoms with Gasteiger partial charge in [-0.05, 0) is 51.8 Å². The van der Waals surface area contributed by atoms with E-state index in [4.69, 9.17) is 30.3 Å². The largest absolute Gasteiger partial charge is 0.462 e. The summed E-state index contributed by atoms with van der Waals surface area (Å²) in [5.74, 6) is -0.311. The van der Waals surface area contributed by atoms with E-state index in [0.717, 1.165) is 25.7 Å². The number of nitrogens with zero attached hydrogens (tertiary/aromatic N) is 3. The van der Waals surface area contributed by atoms with E-state index in [9.17, 15) is 24.8 Å². The number of aliphatic hydroxyl groups excluding tert-OH is 2. The van der Waals surface area contributed by atoms with Crippen LogP contribution in [0.15, 0.2) is 42.6 Å². The van der Waals surface area contributed by atoms with Gasteiger partial charge in [-0.25, -0.2) is 10.1 Å². The molecule has 4 N–H and O–H groups in total. The van der Waals surface area contributed by atoms with Crippen molar-refractivity contribution in [1.82, 2.24) is 14.6 Å². The summed E-state index contributed by atoms with van der Waals surface area (Å²) in [6.45, 7) is 4.66. The minimum atomic E-state index is -3.85. The second-order valence-electron chi connectivity index (χ2n) is 11.8. The molecule has 13 nitrogen and oxygen atoms in total. The Morgan fingerprint density at radius 1 is 1.20 bits per heavy atom. The van der Waals surface area contributed by atoms with Crippen molar-refractivity contribution in [2.45, 2.75) is 89.2 Å². The molecule has 1 aliphatic carbocycles. The van der Waals surface area contributed by atoms with Crippen molar-refractivity contribution >= 4 is 41.8 Å². The summed E-state index contributed by atoms with van der Waals surface area (Å²) in [5, 5.41) is 38.5. The van der Waals surface area contributed by atoms with E-state index in [-0.39, 0.29) is 29.5 Å². The zero-order chi connectivity index (χ0) is 33.0. The average molecular weight is 676 g/mol. The molecule has 46 heavy (non-hydrogen) atoms. The van der Waals surface area contributed by atoms with E-state index in [1.54, 1.807) is 61.0 Å². The van der Waals surface area contributed by atoms with Crippen LogP contribution in [0.3, 0.4) is 0 Å². The molecule has 2 aromatic heterocycles. The molecule has 2 fully saturated rings. The number of benzene rings is 1. The highest BCUT2D eigenvalue weighted by atomic mass is 35.5. The number of ether oxygens (including phenoxy) is 3. The number of hydrogen-bond donors (Lipinski definition) is 4. The van der Waals surface area contributed by atoms with Crippen molar-refractivity contribution in [3.8, 4) is 11.8 Å². The van der Waals surface area contributed by atoms with Crippen LogP contribution in [0.2, 0.25) is 5.15 Å². The van der Waals surface area contributed by atoms with Crippen molar-refractivity contribution in [3.63, 3.8) is 0 Å². The van der Waals surface area contributed by atoms with Crippen LogP contribution in [0.5, 0.6) is 5.75 Å². The van der Waals surface area contributed by atoms with Gasteiger partial charge in [0.1, 0.15) is 53.7 Å². The van der Waals surface area contributed by atoms with Gasteiger partial charge in [0.05, 0.1) is 18.4 Å². The van der Waals surface area contributed by atoms with Gasteiger partial charge in [-0.15, -0.1) is 0 Å². The Kier molecular flexibility index (Phi) is 10.9. The number of hydrogen-bond acceptors (Lipinski definition) is 11. The van der Waals surface area contributed by atoms with Crippen LogP contribution in [0.4, 0.5) is 5.69 Å². The Morgan fingerprint density at radius 2 is 1.91 bits per heavy atom. The van der Waals surface area contributed by atoms with Crippen LogP contribution in [0.1, 0.15) is 58.2 Å². The van der Waals surface area contributed by atoms with Gasteiger partial charge in [0.15, 0.2) is 11.4 Å². The van der Waals surface area contributed by atoms with Crippen LogP contribution in [0, 0.1) is 11.3 Å². The van der Waals surface area contributed by atoms with Gasteiger partial charge >= 0.3 is 13.5 Å². The number of aromatic nitrogens is 2. The number of fused-ring (bicyclic) bond motifs is 1. The summed E-state index contributed by atoms with van der Waals surface area (Å²) >= 11 is 6.44. The summed E-state index contributed by atoms with van der Waals surface area (Å²) in [6, 6.07) is 11.6. The average Bonchev–Trinajstić information content (AvgIpc) is 3.74. The first-order chi connectivity index (χ1) is 22.0. The van der Waals surface area contributed by atoms with Crippen LogP contribution in [-0.4, -0.2) is 75.2 Å². The van der Waals surface area contributed by atoms with E-state index in [1.165, 1.54) is 6.92 Å². The number of rotatable bonds is 13. The minimum Gasteiger partial charge on any atom is -0.462 e. The first kappa shape index (κ1) is 34.1. The SMILES string of the molecule is CC(C)OC(=O)[C@H](C)NP(=O)(COC[C@H]1O[C@@H](n2ccc3c(NC4CCCC4)c(C#N)c(Cl)nc32)[C@H](O)[C@@H]1O)Oc1ccccc1. The standard InChI is InChI=1S/C31H39ClN5O8P/c1-18(2)43-31(40)19(3)36-46(41,45-21-11-5-4-6-12-21)17-42-16-24-26(38)27(39)30(44-24)37-14-13-22-25(34-20-9-7-8-10-20)23(15-33)28(32)35-29(22)37/h4-6,11-14,18-20,24,26-27,30,38-39H,7-10,16-17H2,1-3H3,(H,34,35)(H,36,41)/t19-,24+,26+,27+,30+,46?/m0/s1. The lowest BCUT2D eigenvalue weighted by molar-refractivity contribution is -0.149.